The lowest BCUT2D eigenvalue weighted by Gasteiger charge is -2.35. The Balaban J connectivity index is 1.92. The summed E-state index contributed by atoms with van der Waals surface area (Å²) in [5.41, 5.74) is 1.51. The van der Waals surface area contributed by atoms with Crippen molar-refractivity contribution in [3.8, 4) is 0 Å². The summed E-state index contributed by atoms with van der Waals surface area (Å²) in [5, 5.41) is 0. The molecule has 1 aromatic carbocycles. The maximum Gasteiger partial charge on any atom is 0.0136 e. The summed E-state index contributed by atoms with van der Waals surface area (Å²) in [6, 6.07) is 11.8. The standard InChI is InChI=1S/C18H29N/c1-2-3-6-13-18(19-14-9-5-10-15-19)16-17-11-7-4-8-12-17/h4,7-8,11-12,18H,2-3,5-6,9-10,13-16H2,1H3. The molecule has 0 saturated carbocycles. The Hall–Kier alpha value is -0.820. The highest BCUT2D eigenvalue weighted by molar-refractivity contribution is 5.16. The Kier molecular flexibility index (Phi) is 6.43. The molecule has 0 aliphatic carbocycles. The van der Waals surface area contributed by atoms with Crippen LogP contribution in [-0.2, 0) is 6.42 Å². The highest BCUT2D eigenvalue weighted by Gasteiger charge is 2.20. The lowest BCUT2D eigenvalue weighted by atomic mass is 9.97. The van der Waals surface area contributed by atoms with Gasteiger partial charge in [0.1, 0.15) is 0 Å². The fourth-order valence-electron chi connectivity index (χ4n) is 3.21. The quantitative estimate of drug-likeness (QED) is 0.643. The maximum atomic E-state index is 2.76. The molecular weight excluding hydrogens is 230 g/mol. The third kappa shape index (κ3) is 4.99. The van der Waals surface area contributed by atoms with Crippen LogP contribution in [0.4, 0.5) is 0 Å². The minimum absolute atomic E-state index is 0.772. The van der Waals surface area contributed by atoms with Gasteiger partial charge in [-0.05, 0) is 44.3 Å². The van der Waals surface area contributed by atoms with E-state index in [2.05, 4.69) is 42.2 Å². The van der Waals surface area contributed by atoms with Crippen molar-refractivity contribution in [2.24, 2.45) is 0 Å². The van der Waals surface area contributed by atoms with Gasteiger partial charge in [0.2, 0.25) is 0 Å². The summed E-state index contributed by atoms with van der Waals surface area (Å²) < 4.78 is 0. The Labute approximate surface area is 119 Å². The first-order valence-electron chi connectivity index (χ1n) is 8.18. The molecule has 0 bridgehead atoms. The molecule has 0 spiro atoms. The highest BCUT2D eigenvalue weighted by atomic mass is 15.2. The molecule has 1 unspecified atom stereocenters. The van der Waals surface area contributed by atoms with Gasteiger partial charge in [0.05, 0.1) is 0 Å². The Morgan fingerprint density at radius 1 is 1.00 bits per heavy atom. The van der Waals surface area contributed by atoms with Crippen LogP contribution in [0.1, 0.15) is 57.4 Å². The van der Waals surface area contributed by atoms with E-state index < -0.39 is 0 Å². The lowest BCUT2D eigenvalue weighted by molar-refractivity contribution is 0.151. The van der Waals surface area contributed by atoms with Crippen molar-refractivity contribution in [3.63, 3.8) is 0 Å². The topological polar surface area (TPSA) is 3.24 Å². The van der Waals surface area contributed by atoms with Crippen molar-refractivity contribution in [1.29, 1.82) is 0 Å². The van der Waals surface area contributed by atoms with Crippen LogP contribution in [0, 0.1) is 0 Å². The molecule has 1 aliphatic heterocycles. The van der Waals surface area contributed by atoms with Gasteiger partial charge in [-0.25, -0.2) is 0 Å². The smallest absolute Gasteiger partial charge is 0.0136 e. The van der Waals surface area contributed by atoms with Crippen molar-refractivity contribution in [2.45, 2.75) is 64.3 Å². The summed E-state index contributed by atoms with van der Waals surface area (Å²) in [6.45, 7) is 4.94. The number of nitrogens with zero attached hydrogens (tertiary/aromatic N) is 1. The van der Waals surface area contributed by atoms with Gasteiger partial charge >= 0.3 is 0 Å². The second-order valence-corrected chi connectivity index (χ2v) is 5.94. The van der Waals surface area contributed by atoms with E-state index in [-0.39, 0.29) is 0 Å². The van der Waals surface area contributed by atoms with Crippen LogP contribution in [0.25, 0.3) is 0 Å². The van der Waals surface area contributed by atoms with Gasteiger partial charge in [-0.1, -0.05) is 62.9 Å². The van der Waals surface area contributed by atoms with Gasteiger partial charge in [0, 0.05) is 6.04 Å². The molecule has 19 heavy (non-hydrogen) atoms. The second-order valence-electron chi connectivity index (χ2n) is 5.94. The zero-order valence-corrected chi connectivity index (χ0v) is 12.5. The van der Waals surface area contributed by atoms with Crippen molar-refractivity contribution < 1.29 is 0 Å². The van der Waals surface area contributed by atoms with E-state index in [0.29, 0.717) is 0 Å². The largest absolute Gasteiger partial charge is 0.300 e. The second kappa shape index (κ2) is 8.37. The first-order chi connectivity index (χ1) is 9.40. The minimum atomic E-state index is 0.772. The van der Waals surface area contributed by atoms with Crippen LogP contribution in [0.2, 0.25) is 0 Å². The van der Waals surface area contributed by atoms with Crippen LogP contribution in [-0.4, -0.2) is 24.0 Å². The Bertz CT molecular complexity index is 327. The van der Waals surface area contributed by atoms with E-state index in [4.69, 9.17) is 0 Å². The Morgan fingerprint density at radius 2 is 1.74 bits per heavy atom. The number of likely N-dealkylation sites (tertiary alicyclic amines) is 1. The van der Waals surface area contributed by atoms with Gasteiger partial charge < -0.3 is 4.90 Å². The summed E-state index contributed by atoms with van der Waals surface area (Å²) in [7, 11) is 0. The van der Waals surface area contributed by atoms with Crippen LogP contribution in [0.3, 0.4) is 0 Å². The summed E-state index contributed by atoms with van der Waals surface area (Å²) in [5.74, 6) is 0. The molecule has 0 radical (unpaired) electrons. The molecule has 0 aromatic heterocycles. The van der Waals surface area contributed by atoms with Crippen LogP contribution >= 0.6 is 0 Å². The Morgan fingerprint density at radius 3 is 2.42 bits per heavy atom. The molecular formula is C18H29N. The molecule has 0 N–H and O–H groups in total. The first-order valence-corrected chi connectivity index (χ1v) is 8.18. The van der Waals surface area contributed by atoms with E-state index in [1.807, 2.05) is 0 Å². The highest BCUT2D eigenvalue weighted by Crippen LogP contribution is 2.20. The van der Waals surface area contributed by atoms with Gasteiger partial charge in [-0.2, -0.15) is 0 Å². The number of hydrogen-bond donors (Lipinski definition) is 0. The molecule has 1 saturated heterocycles. The molecule has 1 aliphatic rings. The van der Waals surface area contributed by atoms with Crippen molar-refractivity contribution in [2.75, 3.05) is 13.1 Å². The van der Waals surface area contributed by atoms with Gasteiger partial charge in [0.25, 0.3) is 0 Å². The third-order valence-corrected chi connectivity index (χ3v) is 4.36. The van der Waals surface area contributed by atoms with Crippen LogP contribution < -0.4 is 0 Å². The van der Waals surface area contributed by atoms with E-state index in [0.717, 1.165) is 6.04 Å². The molecule has 1 fully saturated rings. The van der Waals surface area contributed by atoms with Crippen molar-refractivity contribution >= 4 is 0 Å². The zero-order chi connectivity index (χ0) is 13.3. The van der Waals surface area contributed by atoms with E-state index >= 15 is 0 Å². The summed E-state index contributed by atoms with van der Waals surface area (Å²) in [6.07, 6.45) is 11.0. The fourth-order valence-corrected chi connectivity index (χ4v) is 3.21. The average Bonchev–Trinajstić information content (AvgIpc) is 2.48. The molecule has 1 heteroatoms. The van der Waals surface area contributed by atoms with Crippen LogP contribution in [0.5, 0.6) is 0 Å². The van der Waals surface area contributed by atoms with Gasteiger partial charge in [-0.3, -0.25) is 0 Å². The van der Waals surface area contributed by atoms with Crippen molar-refractivity contribution in [3.05, 3.63) is 35.9 Å². The SMILES string of the molecule is CCCCCC(Cc1ccccc1)N1CCCCC1. The average molecular weight is 259 g/mol. The number of hydrogen-bond acceptors (Lipinski definition) is 1. The lowest BCUT2D eigenvalue weighted by Crippen LogP contribution is -2.40. The number of piperidine rings is 1. The predicted octanol–water partition coefficient (Wildman–Crippen LogP) is 4.66. The van der Waals surface area contributed by atoms with E-state index in [1.165, 1.54) is 70.0 Å². The molecule has 1 heterocycles. The predicted molar refractivity (Wildman–Crippen MR) is 83.5 cm³/mol. The van der Waals surface area contributed by atoms with E-state index in [9.17, 15) is 0 Å². The molecule has 1 nitrogen and oxygen atoms in total. The summed E-state index contributed by atoms with van der Waals surface area (Å²) in [4.78, 5) is 2.76. The molecule has 2 rings (SSSR count). The summed E-state index contributed by atoms with van der Waals surface area (Å²) >= 11 is 0. The molecule has 1 aromatic rings. The molecule has 1 atom stereocenters. The van der Waals surface area contributed by atoms with E-state index in [1.54, 1.807) is 0 Å². The normalized spacial score (nSPS) is 18.4. The minimum Gasteiger partial charge on any atom is -0.300 e. The zero-order valence-electron chi connectivity index (χ0n) is 12.5. The van der Waals surface area contributed by atoms with Gasteiger partial charge in [0.15, 0.2) is 0 Å². The first kappa shape index (κ1) is 14.6. The van der Waals surface area contributed by atoms with Crippen LogP contribution in [0.15, 0.2) is 30.3 Å². The fraction of sp³-hybridized carbons (Fsp3) is 0.667. The molecule has 0 amide bonds. The number of unbranched alkanes of at least 4 members (excludes halogenated alkanes) is 2. The molecule has 106 valence electrons. The third-order valence-electron chi connectivity index (χ3n) is 4.36. The van der Waals surface area contributed by atoms with Crippen molar-refractivity contribution in [1.82, 2.24) is 4.90 Å². The maximum absolute atomic E-state index is 2.76. The van der Waals surface area contributed by atoms with Gasteiger partial charge in [-0.15, -0.1) is 0 Å². The number of rotatable bonds is 7. The number of benzene rings is 1. The monoisotopic (exact) mass is 259 g/mol.